The molecule has 1 aromatic heterocycles. The van der Waals surface area contributed by atoms with E-state index in [2.05, 4.69) is 44.6 Å². The molecule has 1 saturated heterocycles. The van der Waals surface area contributed by atoms with Crippen molar-refractivity contribution in [2.45, 2.75) is 38.8 Å². The van der Waals surface area contributed by atoms with Gasteiger partial charge in [0.15, 0.2) is 5.96 Å². The number of rotatable bonds is 6. The Kier molecular flexibility index (Phi) is 9.97. The quantitative estimate of drug-likeness (QED) is 0.324. The number of halogens is 2. The van der Waals surface area contributed by atoms with Crippen LogP contribution in [-0.4, -0.2) is 49.8 Å². The van der Waals surface area contributed by atoms with Crippen LogP contribution in [0.5, 0.6) is 5.75 Å². The number of hydrogen-bond acceptors (Lipinski definition) is 4. The minimum absolute atomic E-state index is 0. The van der Waals surface area contributed by atoms with Crippen molar-refractivity contribution in [1.82, 2.24) is 15.6 Å². The van der Waals surface area contributed by atoms with Gasteiger partial charge < -0.3 is 20.3 Å². The molecule has 1 aliphatic rings. The van der Waals surface area contributed by atoms with Crippen molar-refractivity contribution in [1.29, 1.82) is 0 Å². The zero-order valence-electron chi connectivity index (χ0n) is 17.8. The Morgan fingerprint density at radius 3 is 2.53 bits per heavy atom. The fraction of sp³-hybridized carbons (Fsp3) is 0.455. The molecule has 2 N–H and O–H groups in total. The number of ether oxygens (including phenoxy) is 1. The Balaban J connectivity index is 0.00000320. The van der Waals surface area contributed by atoms with Crippen LogP contribution in [0.4, 0.5) is 5.82 Å². The maximum absolute atomic E-state index is 5.91. The number of guanidine groups is 1. The molecule has 0 bridgehead atoms. The maximum Gasteiger partial charge on any atom is 0.191 e. The summed E-state index contributed by atoms with van der Waals surface area (Å²) in [6.07, 6.45) is 4.03. The van der Waals surface area contributed by atoms with Gasteiger partial charge in [0.2, 0.25) is 0 Å². The number of piperidine rings is 1. The first-order valence-corrected chi connectivity index (χ1v) is 10.5. The standard InChI is InChI=1S/C22H30ClN5O.HI/c1-16-4-9-21(25-14-16)28-12-10-19(11-13-28)27-22(24-3)26-15-17(2)29-20-7-5-18(23)6-8-20;/h4-9,14,17,19H,10-13,15H2,1-3H3,(H2,24,26,27);1H. The molecule has 1 fully saturated rings. The zero-order chi connectivity index (χ0) is 20.6. The van der Waals surface area contributed by atoms with Crippen molar-refractivity contribution < 1.29 is 4.74 Å². The number of hydrogen-bond donors (Lipinski definition) is 2. The van der Waals surface area contributed by atoms with Crippen LogP contribution in [0.1, 0.15) is 25.3 Å². The number of nitrogens with one attached hydrogen (secondary N) is 2. The highest BCUT2D eigenvalue weighted by atomic mass is 127. The van der Waals surface area contributed by atoms with Gasteiger partial charge in [-0.1, -0.05) is 17.7 Å². The summed E-state index contributed by atoms with van der Waals surface area (Å²) in [6, 6.07) is 12.0. The summed E-state index contributed by atoms with van der Waals surface area (Å²) in [5.41, 5.74) is 1.19. The molecular formula is C22H31ClIN5O. The molecule has 0 radical (unpaired) electrons. The summed E-state index contributed by atoms with van der Waals surface area (Å²) < 4.78 is 5.91. The molecule has 0 amide bonds. The van der Waals surface area contributed by atoms with E-state index in [9.17, 15) is 0 Å². The fourth-order valence-electron chi connectivity index (χ4n) is 3.32. The molecular weight excluding hydrogens is 513 g/mol. The van der Waals surface area contributed by atoms with Crippen molar-refractivity contribution >= 4 is 47.4 Å². The molecule has 0 aliphatic carbocycles. The van der Waals surface area contributed by atoms with E-state index in [4.69, 9.17) is 16.3 Å². The third-order valence-corrected chi connectivity index (χ3v) is 5.24. The molecule has 0 spiro atoms. The fourth-order valence-corrected chi connectivity index (χ4v) is 3.44. The van der Waals surface area contributed by atoms with E-state index in [1.807, 2.05) is 37.4 Å². The molecule has 1 atom stereocenters. The summed E-state index contributed by atoms with van der Waals surface area (Å²) >= 11 is 5.91. The van der Waals surface area contributed by atoms with Crippen LogP contribution in [0.2, 0.25) is 5.02 Å². The van der Waals surface area contributed by atoms with Gasteiger partial charge in [-0.15, -0.1) is 24.0 Å². The molecule has 30 heavy (non-hydrogen) atoms. The van der Waals surface area contributed by atoms with Crippen LogP contribution in [0.25, 0.3) is 0 Å². The molecule has 3 rings (SSSR count). The van der Waals surface area contributed by atoms with Gasteiger partial charge in [-0.2, -0.15) is 0 Å². The number of benzene rings is 1. The highest BCUT2D eigenvalue weighted by Crippen LogP contribution is 2.18. The first-order valence-electron chi connectivity index (χ1n) is 10.1. The summed E-state index contributed by atoms with van der Waals surface area (Å²) in [4.78, 5) is 11.2. The van der Waals surface area contributed by atoms with Crippen LogP contribution >= 0.6 is 35.6 Å². The third kappa shape index (κ3) is 7.50. The van der Waals surface area contributed by atoms with E-state index < -0.39 is 0 Å². The Morgan fingerprint density at radius 2 is 1.93 bits per heavy atom. The van der Waals surface area contributed by atoms with E-state index in [1.54, 1.807) is 7.05 Å². The van der Waals surface area contributed by atoms with Crippen LogP contribution in [-0.2, 0) is 0 Å². The SMILES string of the molecule is CN=C(NCC(C)Oc1ccc(Cl)cc1)NC1CCN(c2ccc(C)cn2)CC1.I. The van der Waals surface area contributed by atoms with E-state index in [-0.39, 0.29) is 30.1 Å². The molecule has 6 nitrogen and oxygen atoms in total. The summed E-state index contributed by atoms with van der Waals surface area (Å²) in [5, 5.41) is 7.60. The van der Waals surface area contributed by atoms with Gasteiger partial charge in [-0.3, -0.25) is 4.99 Å². The number of pyridine rings is 1. The first-order chi connectivity index (χ1) is 14.0. The van der Waals surface area contributed by atoms with Crippen molar-refractivity contribution in [2.75, 3.05) is 31.6 Å². The van der Waals surface area contributed by atoms with Crippen LogP contribution in [0.3, 0.4) is 0 Å². The molecule has 0 saturated carbocycles. The number of aliphatic imine (C=N–C) groups is 1. The lowest BCUT2D eigenvalue weighted by Crippen LogP contribution is -2.50. The largest absolute Gasteiger partial charge is 0.489 e. The van der Waals surface area contributed by atoms with Gasteiger partial charge in [0.25, 0.3) is 0 Å². The zero-order valence-corrected chi connectivity index (χ0v) is 20.9. The topological polar surface area (TPSA) is 61.8 Å². The molecule has 1 aliphatic heterocycles. The van der Waals surface area contributed by atoms with Crippen molar-refractivity contribution in [3.8, 4) is 5.75 Å². The van der Waals surface area contributed by atoms with Crippen LogP contribution < -0.4 is 20.3 Å². The second-order valence-electron chi connectivity index (χ2n) is 7.43. The van der Waals surface area contributed by atoms with Gasteiger partial charge in [0.1, 0.15) is 17.7 Å². The molecule has 1 unspecified atom stereocenters. The second-order valence-corrected chi connectivity index (χ2v) is 7.87. The van der Waals surface area contributed by atoms with E-state index in [0.29, 0.717) is 17.6 Å². The normalized spacial score (nSPS) is 15.9. The Bertz CT molecular complexity index is 792. The van der Waals surface area contributed by atoms with Crippen LogP contribution in [0.15, 0.2) is 47.6 Å². The predicted octanol–water partition coefficient (Wildman–Crippen LogP) is 4.26. The van der Waals surface area contributed by atoms with E-state index >= 15 is 0 Å². The van der Waals surface area contributed by atoms with Crippen molar-refractivity contribution in [3.63, 3.8) is 0 Å². The number of anilines is 1. The predicted molar refractivity (Wildman–Crippen MR) is 136 cm³/mol. The van der Waals surface area contributed by atoms with Gasteiger partial charge in [-0.05, 0) is 62.6 Å². The number of aromatic nitrogens is 1. The summed E-state index contributed by atoms with van der Waals surface area (Å²) in [6.45, 7) is 6.73. The Morgan fingerprint density at radius 1 is 1.23 bits per heavy atom. The van der Waals surface area contributed by atoms with Gasteiger partial charge >= 0.3 is 0 Å². The highest BCUT2D eigenvalue weighted by Gasteiger charge is 2.21. The first kappa shape index (κ1) is 24.5. The van der Waals surface area contributed by atoms with E-state index in [0.717, 1.165) is 43.5 Å². The average Bonchev–Trinajstić information content (AvgIpc) is 2.74. The van der Waals surface area contributed by atoms with Crippen molar-refractivity contribution in [2.24, 2.45) is 4.99 Å². The smallest absolute Gasteiger partial charge is 0.191 e. The summed E-state index contributed by atoms with van der Waals surface area (Å²) in [7, 11) is 1.80. The lowest BCUT2D eigenvalue weighted by atomic mass is 10.1. The third-order valence-electron chi connectivity index (χ3n) is 4.99. The maximum atomic E-state index is 5.91. The van der Waals surface area contributed by atoms with E-state index in [1.165, 1.54) is 5.56 Å². The Labute approximate surface area is 201 Å². The Hall–Kier alpha value is -1.74. The van der Waals surface area contributed by atoms with Crippen LogP contribution in [0, 0.1) is 6.92 Å². The molecule has 8 heteroatoms. The second kappa shape index (κ2) is 12.2. The number of aryl methyl sites for hydroxylation is 1. The lowest BCUT2D eigenvalue weighted by Gasteiger charge is -2.34. The monoisotopic (exact) mass is 543 g/mol. The molecule has 2 heterocycles. The molecule has 164 valence electrons. The van der Waals surface area contributed by atoms with Gasteiger partial charge in [-0.25, -0.2) is 4.98 Å². The minimum Gasteiger partial charge on any atom is -0.489 e. The highest BCUT2D eigenvalue weighted by molar-refractivity contribution is 14.0. The molecule has 2 aromatic rings. The van der Waals surface area contributed by atoms with Gasteiger partial charge in [0, 0.05) is 37.4 Å². The lowest BCUT2D eigenvalue weighted by molar-refractivity contribution is 0.223. The summed E-state index contributed by atoms with van der Waals surface area (Å²) in [5.74, 6) is 2.68. The van der Waals surface area contributed by atoms with Gasteiger partial charge in [0.05, 0.1) is 6.54 Å². The minimum atomic E-state index is 0. The average molecular weight is 544 g/mol. The molecule has 1 aromatic carbocycles. The number of nitrogens with zero attached hydrogens (tertiary/aromatic N) is 3. The van der Waals surface area contributed by atoms with Crippen molar-refractivity contribution in [3.05, 3.63) is 53.2 Å².